The van der Waals surface area contributed by atoms with Crippen molar-refractivity contribution in [1.29, 1.82) is 0 Å². The van der Waals surface area contributed by atoms with Gasteiger partial charge < -0.3 is 56.6 Å². The molecule has 0 spiro atoms. The molecule has 21 heteroatoms. The van der Waals surface area contributed by atoms with Crippen LogP contribution in [0.5, 0.6) is 5.75 Å². The molecule has 0 aliphatic carbocycles. The van der Waals surface area contributed by atoms with E-state index in [4.69, 9.17) is 10.2 Å². The Morgan fingerprint density at radius 1 is 0.650 bits per heavy atom. The lowest BCUT2D eigenvalue weighted by Crippen LogP contribution is -2.60. The number of phenols is 1. The molecule has 9 N–H and O–H groups in total. The zero-order valence-electron chi connectivity index (χ0n) is 33.5. The molecule has 21 nitrogen and oxygen atoms in total. The molecule has 6 amide bonds. The van der Waals surface area contributed by atoms with E-state index in [0.29, 0.717) is 24.8 Å². The maximum absolute atomic E-state index is 14.1. The zero-order valence-corrected chi connectivity index (χ0v) is 33.5. The Morgan fingerprint density at radius 3 is 1.68 bits per heavy atom. The van der Waals surface area contributed by atoms with Gasteiger partial charge in [-0.3, -0.25) is 43.2 Å². The lowest BCUT2D eigenvalue weighted by molar-refractivity contribution is -0.146. The van der Waals surface area contributed by atoms with E-state index in [-0.39, 0.29) is 44.5 Å². The van der Waals surface area contributed by atoms with Crippen LogP contribution in [0, 0.1) is 5.92 Å². The highest BCUT2D eigenvalue weighted by molar-refractivity contribution is 5.97. The van der Waals surface area contributed by atoms with Gasteiger partial charge in [0.05, 0.1) is 6.42 Å². The van der Waals surface area contributed by atoms with Gasteiger partial charge >= 0.3 is 23.9 Å². The average molecular weight is 847 g/mol. The monoisotopic (exact) mass is 846 g/mol. The number of likely N-dealkylation sites (tertiary alicyclic amines) is 2. The number of hydrogen-bond donors (Lipinski definition) is 9. The first-order valence-electron chi connectivity index (χ1n) is 19.8. The number of hydrogen-bond acceptors (Lipinski definition) is 11. The molecule has 1 aromatic rings. The van der Waals surface area contributed by atoms with Gasteiger partial charge in [0.1, 0.15) is 42.0 Å². The SMILES string of the molecule is CC[C@H](C)[C@H](NC(=O)[C@@H]1CCCN1C(=O)[C@H](CCC(=O)O)NC(=O)[C@H](Cc1ccc(O)cc1)NC(=O)CCC(=O)O)C(=O)N1CCC[C@H]1C(=O)N[C@@H](CCC(=O)O)C(=O)O. The highest BCUT2D eigenvalue weighted by Gasteiger charge is 2.43. The first-order chi connectivity index (χ1) is 28.3. The van der Waals surface area contributed by atoms with E-state index in [2.05, 4.69) is 21.3 Å². The number of aromatic hydroxyl groups is 1. The number of benzene rings is 1. The molecule has 2 fully saturated rings. The quantitative estimate of drug-likeness (QED) is 0.0676. The summed E-state index contributed by atoms with van der Waals surface area (Å²) in [5.74, 6) is -10.4. The molecule has 0 unspecified atom stereocenters. The number of phenolic OH excluding ortho intramolecular Hbond substituents is 1. The Morgan fingerprint density at radius 2 is 1.17 bits per heavy atom. The van der Waals surface area contributed by atoms with Gasteiger partial charge in [0, 0.05) is 38.8 Å². The van der Waals surface area contributed by atoms with Crippen molar-refractivity contribution in [2.45, 2.75) is 127 Å². The molecule has 2 aliphatic heterocycles. The molecule has 3 rings (SSSR count). The minimum Gasteiger partial charge on any atom is -0.508 e. The van der Waals surface area contributed by atoms with Gasteiger partial charge in [-0.15, -0.1) is 0 Å². The molecule has 0 radical (unpaired) electrons. The van der Waals surface area contributed by atoms with Crippen LogP contribution in [-0.2, 0) is 54.4 Å². The Bertz CT molecular complexity index is 1770. The summed E-state index contributed by atoms with van der Waals surface area (Å²) in [7, 11) is 0. The minimum atomic E-state index is -1.51. The second kappa shape index (κ2) is 22.8. The predicted octanol–water partition coefficient (Wildman–Crippen LogP) is -0.419. The molecule has 7 atom stereocenters. The van der Waals surface area contributed by atoms with Crippen molar-refractivity contribution in [3.63, 3.8) is 0 Å². The summed E-state index contributed by atoms with van der Waals surface area (Å²) in [6.07, 6.45) is -1.60. The lowest BCUT2D eigenvalue weighted by atomic mass is 9.96. The number of rotatable bonds is 23. The zero-order chi connectivity index (χ0) is 44.7. The minimum absolute atomic E-state index is 0.0299. The van der Waals surface area contributed by atoms with Gasteiger partial charge in [0.25, 0.3) is 0 Å². The smallest absolute Gasteiger partial charge is 0.326 e. The number of carbonyl (C=O) groups is 10. The van der Waals surface area contributed by atoms with E-state index in [0.717, 1.165) is 0 Å². The van der Waals surface area contributed by atoms with E-state index in [9.17, 15) is 63.3 Å². The Kier molecular flexibility index (Phi) is 18.2. The van der Waals surface area contributed by atoms with Crippen molar-refractivity contribution >= 4 is 59.3 Å². The van der Waals surface area contributed by atoms with Gasteiger partial charge in [0.15, 0.2) is 0 Å². The molecule has 330 valence electrons. The number of amides is 6. The van der Waals surface area contributed by atoms with Gasteiger partial charge in [-0.1, -0.05) is 32.4 Å². The molecule has 1 aromatic carbocycles. The van der Waals surface area contributed by atoms with Crippen LogP contribution in [0.1, 0.15) is 90.0 Å². The second-order valence-electron chi connectivity index (χ2n) is 15.0. The summed E-state index contributed by atoms with van der Waals surface area (Å²) in [5.41, 5.74) is 0.475. The highest BCUT2D eigenvalue weighted by atomic mass is 16.4. The van der Waals surface area contributed by atoms with Crippen molar-refractivity contribution in [2.75, 3.05) is 13.1 Å². The Balaban J connectivity index is 1.82. The number of carbonyl (C=O) groups excluding carboxylic acids is 6. The average Bonchev–Trinajstić information content (AvgIpc) is 3.90. The van der Waals surface area contributed by atoms with Crippen LogP contribution in [-0.4, -0.2) is 144 Å². The Hall–Kier alpha value is -6.28. The summed E-state index contributed by atoms with van der Waals surface area (Å²) in [5, 5.41) is 56.7. The van der Waals surface area contributed by atoms with Crippen molar-refractivity contribution < 1.29 is 73.5 Å². The molecule has 2 aliphatic rings. The van der Waals surface area contributed by atoms with E-state index in [1.807, 2.05) is 0 Å². The van der Waals surface area contributed by atoms with Crippen LogP contribution >= 0.6 is 0 Å². The van der Waals surface area contributed by atoms with Crippen molar-refractivity contribution in [3.05, 3.63) is 29.8 Å². The van der Waals surface area contributed by atoms with Crippen molar-refractivity contribution in [2.24, 2.45) is 5.92 Å². The predicted molar refractivity (Wildman–Crippen MR) is 207 cm³/mol. The van der Waals surface area contributed by atoms with Gasteiger partial charge in [-0.25, -0.2) is 4.79 Å². The third kappa shape index (κ3) is 14.2. The summed E-state index contributed by atoms with van der Waals surface area (Å²) >= 11 is 0. The lowest BCUT2D eigenvalue weighted by Gasteiger charge is -2.34. The molecular formula is C39H54N6O15. The fourth-order valence-electron chi connectivity index (χ4n) is 7.07. The number of carboxylic acids is 4. The normalized spacial score (nSPS) is 18.6. The van der Waals surface area contributed by atoms with Crippen LogP contribution in [0.3, 0.4) is 0 Å². The first kappa shape index (κ1) is 48.1. The summed E-state index contributed by atoms with van der Waals surface area (Å²) < 4.78 is 0. The molecule has 0 bridgehead atoms. The summed E-state index contributed by atoms with van der Waals surface area (Å²) in [6, 6.07) is -2.18. The van der Waals surface area contributed by atoms with Crippen molar-refractivity contribution in [3.8, 4) is 5.75 Å². The van der Waals surface area contributed by atoms with E-state index >= 15 is 0 Å². The van der Waals surface area contributed by atoms with Crippen LogP contribution in [0.2, 0.25) is 0 Å². The second-order valence-corrected chi connectivity index (χ2v) is 15.0. The largest absolute Gasteiger partial charge is 0.508 e. The van der Waals surface area contributed by atoms with E-state index in [1.165, 1.54) is 34.1 Å². The molecular weight excluding hydrogens is 792 g/mol. The fraction of sp³-hybridized carbons (Fsp3) is 0.590. The Labute approximate surface area is 345 Å². The van der Waals surface area contributed by atoms with Crippen LogP contribution in [0.4, 0.5) is 0 Å². The summed E-state index contributed by atoms with van der Waals surface area (Å²) in [6.45, 7) is 3.61. The van der Waals surface area contributed by atoms with E-state index in [1.54, 1.807) is 13.8 Å². The third-order valence-corrected chi connectivity index (χ3v) is 10.6. The topological polar surface area (TPSA) is 326 Å². The van der Waals surface area contributed by atoms with Crippen LogP contribution in [0.25, 0.3) is 0 Å². The van der Waals surface area contributed by atoms with E-state index < -0.39 is 134 Å². The molecule has 2 saturated heterocycles. The summed E-state index contributed by atoms with van der Waals surface area (Å²) in [4.78, 5) is 130. The molecule has 60 heavy (non-hydrogen) atoms. The van der Waals surface area contributed by atoms with Crippen LogP contribution < -0.4 is 21.3 Å². The number of carboxylic acid groups (broad SMARTS) is 4. The van der Waals surface area contributed by atoms with Gasteiger partial charge in [-0.2, -0.15) is 0 Å². The van der Waals surface area contributed by atoms with Crippen LogP contribution in [0.15, 0.2) is 24.3 Å². The number of aliphatic carboxylic acids is 4. The first-order valence-corrected chi connectivity index (χ1v) is 19.8. The highest BCUT2D eigenvalue weighted by Crippen LogP contribution is 2.24. The maximum atomic E-state index is 14.1. The molecule has 2 heterocycles. The standard InChI is InChI=1S/C39H54N6O15/c1-3-21(2)33(38(58)45-19-5-6-27(45)35(55)42-25(39(59)60)13-16-31(50)51)43-36(56)28-7-4-18-44(28)37(57)24(12-15-30(48)49)41-34(54)26(40-29(47)14-17-32(52)53)20-22-8-10-23(46)11-9-22/h8-11,21,24-28,33,46H,3-7,12-20H2,1-2H3,(H,40,47)(H,41,54)(H,42,55)(H,43,56)(H,48,49)(H,50,51)(H,52,53)(H,59,60)/t21-,24-,25-,26-,27-,28-,33-/m0/s1. The molecule has 0 aromatic heterocycles. The number of nitrogens with zero attached hydrogens (tertiary/aromatic N) is 2. The maximum Gasteiger partial charge on any atom is 0.326 e. The molecule has 0 saturated carbocycles. The third-order valence-electron chi connectivity index (χ3n) is 10.6. The fourth-order valence-corrected chi connectivity index (χ4v) is 7.07. The van der Waals surface area contributed by atoms with Gasteiger partial charge in [0.2, 0.25) is 35.4 Å². The van der Waals surface area contributed by atoms with Crippen molar-refractivity contribution in [1.82, 2.24) is 31.1 Å². The number of nitrogens with one attached hydrogen (secondary N) is 4. The van der Waals surface area contributed by atoms with Gasteiger partial charge in [-0.05, 0) is 62.1 Å².